The second kappa shape index (κ2) is 11.1. The molecule has 0 aliphatic carbocycles. The molecule has 2 fully saturated rings. The second-order valence-electron chi connectivity index (χ2n) is 10.4. The Morgan fingerprint density at radius 3 is 1.95 bits per heavy atom. The van der Waals surface area contributed by atoms with Gasteiger partial charge in [0.2, 0.25) is 0 Å². The largest absolute Gasteiger partial charge is 0.416 e. The van der Waals surface area contributed by atoms with Gasteiger partial charge in [-0.15, -0.1) is 0 Å². The van der Waals surface area contributed by atoms with Crippen molar-refractivity contribution in [2.75, 3.05) is 45.2 Å². The summed E-state index contributed by atoms with van der Waals surface area (Å²) in [7, 11) is 2.33. The molecule has 0 spiro atoms. The van der Waals surface area contributed by atoms with Crippen molar-refractivity contribution in [3.8, 4) is 0 Å². The molecule has 0 saturated carbocycles. The SMILES string of the molecule is CN(C(=O)N(C)[C@@H]1CN(C(=O)C2(F)CCNCC2)C[C@H]1c1ccc(F)cc1)c1cc(C(F)(F)F)cc(C(F)(F)F)c1. The number of benzene rings is 2. The minimum atomic E-state index is -5.11. The maximum atomic E-state index is 15.6. The van der Waals surface area contributed by atoms with Crippen LogP contribution in [0.1, 0.15) is 35.4 Å². The molecule has 6 nitrogen and oxygen atoms in total. The van der Waals surface area contributed by atoms with E-state index in [9.17, 15) is 40.3 Å². The first-order valence-electron chi connectivity index (χ1n) is 12.8. The number of amides is 3. The van der Waals surface area contributed by atoms with Crippen molar-refractivity contribution in [1.82, 2.24) is 15.1 Å². The number of carbonyl (C=O) groups is 2. The van der Waals surface area contributed by atoms with Gasteiger partial charge in [0.15, 0.2) is 5.67 Å². The van der Waals surface area contributed by atoms with Crippen LogP contribution in [0.3, 0.4) is 0 Å². The molecule has 0 aromatic heterocycles. The normalized spacial score (nSPS) is 21.1. The number of alkyl halides is 7. The van der Waals surface area contributed by atoms with Gasteiger partial charge in [-0.3, -0.25) is 9.69 Å². The number of anilines is 1. The van der Waals surface area contributed by atoms with Crippen molar-refractivity contribution in [3.63, 3.8) is 0 Å². The number of piperidine rings is 1. The summed E-state index contributed by atoms with van der Waals surface area (Å²) in [6.45, 7) is 0.408. The Morgan fingerprint density at radius 2 is 1.44 bits per heavy atom. The summed E-state index contributed by atoms with van der Waals surface area (Å²) in [4.78, 5) is 29.7. The fourth-order valence-corrected chi connectivity index (χ4v) is 5.32. The van der Waals surface area contributed by atoms with Crippen LogP contribution in [0.15, 0.2) is 42.5 Å². The van der Waals surface area contributed by atoms with Crippen LogP contribution >= 0.6 is 0 Å². The first kappa shape index (κ1) is 30.5. The number of hydrogen-bond donors (Lipinski definition) is 1. The van der Waals surface area contributed by atoms with Crippen LogP contribution in [0, 0.1) is 5.82 Å². The monoisotopic (exact) mass is 592 g/mol. The molecule has 2 heterocycles. The molecular weight excluding hydrogens is 564 g/mol. The standard InChI is InChI=1S/C27H28F8N4O2/c1-37(20-12-17(26(30,31)32)11-18(13-20)27(33,34)35)24(41)38(2)22-15-39(23(40)25(29)7-9-36-10-8-25)14-21(22)16-3-5-19(28)6-4-16/h3-6,11-13,21-22,36H,7-10,14-15H2,1-2H3/t21-,22+/m0/s1. The predicted molar refractivity (Wildman–Crippen MR) is 133 cm³/mol. The van der Waals surface area contributed by atoms with Gasteiger partial charge in [0.05, 0.1) is 17.2 Å². The molecule has 4 rings (SSSR count). The molecule has 0 unspecified atom stereocenters. The van der Waals surface area contributed by atoms with Crippen molar-refractivity contribution in [2.24, 2.45) is 0 Å². The Hall–Kier alpha value is -3.42. The fourth-order valence-electron chi connectivity index (χ4n) is 5.32. The summed E-state index contributed by atoms with van der Waals surface area (Å²) in [5, 5.41) is 2.98. The molecule has 2 aliphatic heterocycles. The van der Waals surface area contributed by atoms with Gasteiger partial charge < -0.3 is 15.1 Å². The third-order valence-corrected chi connectivity index (χ3v) is 7.70. The van der Waals surface area contributed by atoms with Crippen molar-refractivity contribution in [2.45, 2.75) is 42.8 Å². The summed E-state index contributed by atoms with van der Waals surface area (Å²) in [5.74, 6) is -1.95. The molecule has 14 heteroatoms. The highest BCUT2D eigenvalue weighted by atomic mass is 19.4. The second-order valence-corrected chi connectivity index (χ2v) is 10.4. The van der Waals surface area contributed by atoms with Crippen molar-refractivity contribution in [3.05, 3.63) is 65.0 Å². The third kappa shape index (κ3) is 6.41. The van der Waals surface area contributed by atoms with Crippen LogP contribution in [-0.2, 0) is 17.1 Å². The van der Waals surface area contributed by atoms with E-state index in [2.05, 4.69) is 5.32 Å². The van der Waals surface area contributed by atoms with E-state index < -0.39 is 64.6 Å². The Labute approximate surface area is 230 Å². The summed E-state index contributed by atoms with van der Waals surface area (Å²) in [6.07, 6.45) is -10.3. The topological polar surface area (TPSA) is 55.9 Å². The van der Waals surface area contributed by atoms with Crippen LogP contribution in [0.25, 0.3) is 0 Å². The Kier molecular flexibility index (Phi) is 8.27. The predicted octanol–water partition coefficient (Wildman–Crippen LogP) is 5.44. The zero-order valence-electron chi connectivity index (χ0n) is 22.1. The number of hydrogen-bond acceptors (Lipinski definition) is 3. The van der Waals surface area contributed by atoms with Gasteiger partial charge in [0, 0.05) is 51.6 Å². The Bertz CT molecular complexity index is 1240. The number of likely N-dealkylation sites (N-methyl/N-ethyl adjacent to an activating group) is 1. The first-order chi connectivity index (χ1) is 19.0. The minimum Gasteiger partial charge on any atom is -0.337 e. The lowest BCUT2D eigenvalue weighted by molar-refractivity contribution is -0.145. The molecule has 2 atom stereocenters. The minimum absolute atomic E-state index is 0.0304. The summed E-state index contributed by atoms with van der Waals surface area (Å²) >= 11 is 0. The molecule has 1 N–H and O–H groups in total. The lowest BCUT2D eigenvalue weighted by atomic mass is 9.92. The van der Waals surface area contributed by atoms with E-state index in [4.69, 9.17) is 0 Å². The third-order valence-electron chi connectivity index (χ3n) is 7.70. The van der Waals surface area contributed by atoms with Crippen LogP contribution in [-0.4, -0.2) is 73.7 Å². The average molecular weight is 593 g/mol. The molecule has 0 radical (unpaired) electrons. The number of likely N-dealkylation sites (tertiary alicyclic amines) is 1. The molecular formula is C27H28F8N4O2. The smallest absolute Gasteiger partial charge is 0.337 e. The Morgan fingerprint density at radius 1 is 0.902 bits per heavy atom. The van der Waals surface area contributed by atoms with Crippen LogP contribution < -0.4 is 10.2 Å². The maximum absolute atomic E-state index is 15.6. The van der Waals surface area contributed by atoms with Crippen molar-refractivity contribution >= 4 is 17.6 Å². The zero-order chi connectivity index (χ0) is 30.3. The molecule has 2 aromatic carbocycles. The van der Waals surface area contributed by atoms with Gasteiger partial charge in [-0.05, 0) is 49.0 Å². The molecule has 2 aromatic rings. The van der Waals surface area contributed by atoms with Gasteiger partial charge in [0.1, 0.15) is 5.82 Å². The van der Waals surface area contributed by atoms with Crippen molar-refractivity contribution < 1.29 is 44.7 Å². The fraction of sp³-hybridized carbons (Fsp3) is 0.481. The highest BCUT2D eigenvalue weighted by Crippen LogP contribution is 2.39. The molecule has 2 aliphatic rings. The number of carbonyl (C=O) groups excluding carboxylic acids is 2. The lowest BCUT2D eigenvalue weighted by Crippen LogP contribution is -2.52. The molecule has 41 heavy (non-hydrogen) atoms. The Balaban J connectivity index is 1.65. The van der Waals surface area contributed by atoms with Gasteiger partial charge in [-0.2, -0.15) is 26.3 Å². The van der Waals surface area contributed by atoms with Crippen LogP contribution in [0.4, 0.5) is 45.6 Å². The number of urea groups is 1. The number of halogens is 8. The quantitative estimate of drug-likeness (QED) is 0.482. The van der Waals surface area contributed by atoms with E-state index in [-0.39, 0.29) is 32.0 Å². The molecule has 3 amide bonds. The van der Waals surface area contributed by atoms with Gasteiger partial charge in [-0.25, -0.2) is 13.6 Å². The number of nitrogens with one attached hydrogen (secondary N) is 1. The van der Waals surface area contributed by atoms with Gasteiger partial charge in [0.25, 0.3) is 5.91 Å². The van der Waals surface area contributed by atoms with E-state index >= 15 is 4.39 Å². The van der Waals surface area contributed by atoms with E-state index in [1.54, 1.807) is 0 Å². The first-order valence-corrected chi connectivity index (χ1v) is 12.8. The average Bonchev–Trinajstić information content (AvgIpc) is 3.36. The number of nitrogens with zero attached hydrogens (tertiary/aromatic N) is 3. The molecule has 2 saturated heterocycles. The summed E-state index contributed by atoms with van der Waals surface area (Å²) in [6, 6.07) is 4.27. The van der Waals surface area contributed by atoms with E-state index in [0.29, 0.717) is 35.7 Å². The number of rotatable bonds is 4. The zero-order valence-corrected chi connectivity index (χ0v) is 22.1. The molecule has 224 valence electrons. The maximum Gasteiger partial charge on any atom is 0.416 e. The van der Waals surface area contributed by atoms with Gasteiger partial charge >= 0.3 is 18.4 Å². The van der Waals surface area contributed by atoms with Crippen molar-refractivity contribution in [1.29, 1.82) is 0 Å². The van der Waals surface area contributed by atoms with Crippen LogP contribution in [0.2, 0.25) is 0 Å². The van der Waals surface area contributed by atoms with Crippen LogP contribution in [0.5, 0.6) is 0 Å². The highest BCUT2D eigenvalue weighted by molar-refractivity contribution is 5.92. The van der Waals surface area contributed by atoms with E-state index in [0.717, 1.165) is 11.9 Å². The highest BCUT2D eigenvalue weighted by Gasteiger charge is 2.48. The van der Waals surface area contributed by atoms with Gasteiger partial charge in [-0.1, -0.05) is 12.1 Å². The van der Waals surface area contributed by atoms with E-state index in [1.165, 1.54) is 36.2 Å². The molecule has 0 bridgehead atoms. The lowest BCUT2D eigenvalue weighted by Gasteiger charge is -2.34. The summed E-state index contributed by atoms with van der Waals surface area (Å²) < 4.78 is 110. The van der Waals surface area contributed by atoms with E-state index in [1.807, 2.05) is 0 Å². The summed E-state index contributed by atoms with van der Waals surface area (Å²) in [5.41, 5.74) is -5.42.